The molecule has 3 rings (SSSR count). The first kappa shape index (κ1) is 13.6. The van der Waals surface area contributed by atoms with Gasteiger partial charge in [0.25, 0.3) is 0 Å². The highest BCUT2D eigenvalue weighted by Crippen LogP contribution is 2.57. The van der Waals surface area contributed by atoms with Crippen molar-refractivity contribution in [3.63, 3.8) is 0 Å². The van der Waals surface area contributed by atoms with Gasteiger partial charge in [-0.2, -0.15) is 0 Å². The van der Waals surface area contributed by atoms with Crippen molar-refractivity contribution in [1.82, 2.24) is 0 Å². The van der Waals surface area contributed by atoms with Crippen LogP contribution in [0.5, 0.6) is 11.5 Å². The van der Waals surface area contributed by atoms with Crippen molar-refractivity contribution in [2.75, 3.05) is 13.7 Å². The molecule has 2 aliphatic rings. The summed E-state index contributed by atoms with van der Waals surface area (Å²) in [5.41, 5.74) is -3.43. The molecule has 0 amide bonds. The molecule has 0 bridgehead atoms. The number of fused-ring (bicyclic) bond motifs is 1. The topological polar surface area (TPSA) is 109 Å². The van der Waals surface area contributed by atoms with E-state index in [4.69, 9.17) is 14.2 Å². The van der Waals surface area contributed by atoms with E-state index in [0.717, 1.165) is 0 Å². The van der Waals surface area contributed by atoms with Gasteiger partial charge in [-0.15, -0.1) is 0 Å². The second-order valence-electron chi connectivity index (χ2n) is 4.98. The molecule has 7 nitrogen and oxygen atoms in total. The number of ether oxygens (including phenoxy) is 3. The second-order valence-corrected chi connectivity index (χ2v) is 4.98. The van der Waals surface area contributed by atoms with Gasteiger partial charge >= 0.3 is 0 Å². The third kappa shape index (κ3) is 1.36. The Hall–Kier alpha value is -1.38. The Balaban J connectivity index is 1.81. The van der Waals surface area contributed by atoms with Gasteiger partial charge in [-0.1, -0.05) is 12.1 Å². The van der Waals surface area contributed by atoms with Crippen LogP contribution in [0.2, 0.25) is 0 Å². The number of para-hydroxylation sites is 2. The molecule has 1 aliphatic heterocycles. The lowest BCUT2D eigenvalue weighted by Gasteiger charge is -2.70. The second kappa shape index (κ2) is 4.31. The van der Waals surface area contributed by atoms with E-state index in [2.05, 4.69) is 0 Å². The highest BCUT2D eigenvalue weighted by Gasteiger charge is 2.85. The van der Waals surface area contributed by atoms with E-state index in [1.54, 1.807) is 24.3 Å². The number of methoxy groups -OCH3 is 1. The third-order valence-electron chi connectivity index (χ3n) is 4.12. The van der Waals surface area contributed by atoms with Gasteiger partial charge in [-0.25, -0.2) is 0 Å². The Morgan fingerprint density at radius 2 is 1.85 bits per heavy atom. The summed E-state index contributed by atoms with van der Waals surface area (Å²) in [6.07, 6.45) is -3.98. The molecule has 4 N–H and O–H groups in total. The average Bonchev–Trinajstić information content (AvgIpc) is 2.49. The molecule has 2 fully saturated rings. The summed E-state index contributed by atoms with van der Waals surface area (Å²) in [4.78, 5) is 0. The first-order chi connectivity index (χ1) is 9.51. The summed E-state index contributed by atoms with van der Waals surface area (Å²) >= 11 is 0. The van der Waals surface area contributed by atoms with E-state index < -0.39 is 36.3 Å². The minimum Gasteiger partial charge on any atom is -0.493 e. The fraction of sp³-hybridized carbons (Fsp3) is 0.538. The molecule has 0 aromatic heterocycles. The molecule has 5 atom stereocenters. The number of benzene rings is 1. The van der Waals surface area contributed by atoms with Gasteiger partial charge in [0.15, 0.2) is 22.7 Å². The van der Waals surface area contributed by atoms with E-state index >= 15 is 0 Å². The molecular formula is C13H16O7. The van der Waals surface area contributed by atoms with Crippen LogP contribution in [-0.2, 0) is 4.74 Å². The van der Waals surface area contributed by atoms with Gasteiger partial charge < -0.3 is 34.6 Å². The Morgan fingerprint density at radius 1 is 1.20 bits per heavy atom. The lowest BCUT2D eigenvalue weighted by molar-refractivity contribution is -0.510. The van der Waals surface area contributed by atoms with Crippen molar-refractivity contribution in [2.45, 2.75) is 29.7 Å². The fourth-order valence-electron chi connectivity index (χ4n) is 2.82. The molecule has 5 unspecified atom stereocenters. The van der Waals surface area contributed by atoms with E-state index in [1.807, 2.05) is 0 Å². The molecule has 0 radical (unpaired) electrons. The normalized spacial score (nSPS) is 42.1. The van der Waals surface area contributed by atoms with Crippen molar-refractivity contribution in [3.05, 3.63) is 24.3 Å². The van der Waals surface area contributed by atoms with E-state index in [9.17, 15) is 20.4 Å². The Bertz CT molecular complexity index is 521. The lowest BCUT2D eigenvalue weighted by atomic mass is 9.56. The van der Waals surface area contributed by atoms with E-state index in [-0.39, 0.29) is 0 Å². The number of hydrogen-bond acceptors (Lipinski definition) is 7. The molecule has 0 spiro atoms. The van der Waals surface area contributed by atoms with Crippen LogP contribution in [-0.4, -0.2) is 63.8 Å². The van der Waals surface area contributed by atoms with E-state index in [0.29, 0.717) is 11.5 Å². The smallest absolute Gasteiger partial charge is 0.235 e. The summed E-state index contributed by atoms with van der Waals surface area (Å²) in [6.45, 7) is -0.618. The Kier molecular flexibility index (Phi) is 2.93. The molecular weight excluding hydrogens is 268 g/mol. The van der Waals surface area contributed by atoms with Crippen LogP contribution in [0.25, 0.3) is 0 Å². The maximum Gasteiger partial charge on any atom is 0.235 e. The molecule has 7 heteroatoms. The monoisotopic (exact) mass is 284 g/mol. The number of rotatable bonds is 4. The van der Waals surface area contributed by atoms with Crippen molar-refractivity contribution in [2.24, 2.45) is 0 Å². The molecule has 1 aliphatic carbocycles. The number of aliphatic hydroxyl groups excluding tert-OH is 3. The van der Waals surface area contributed by atoms with Crippen LogP contribution in [0.1, 0.15) is 0 Å². The summed E-state index contributed by atoms with van der Waals surface area (Å²) in [5.74, 6) is 0.768. The van der Waals surface area contributed by atoms with Gasteiger partial charge in [0.2, 0.25) is 6.29 Å². The van der Waals surface area contributed by atoms with Crippen LogP contribution < -0.4 is 9.47 Å². The maximum absolute atomic E-state index is 10.4. The van der Waals surface area contributed by atoms with E-state index in [1.165, 1.54) is 7.11 Å². The van der Waals surface area contributed by atoms with Crippen molar-refractivity contribution < 1.29 is 34.6 Å². The van der Waals surface area contributed by atoms with Gasteiger partial charge in [-0.05, 0) is 12.1 Å². The SMILES string of the molecule is COc1ccccc1OC1OC2(CO)C(O)C(O)C12O. The first-order valence-corrected chi connectivity index (χ1v) is 6.18. The van der Waals surface area contributed by atoms with Gasteiger partial charge in [-0.3, -0.25) is 0 Å². The molecule has 1 aromatic carbocycles. The summed E-state index contributed by atoms with van der Waals surface area (Å²) in [7, 11) is 1.47. The first-order valence-electron chi connectivity index (χ1n) is 6.18. The minimum atomic E-state index is -1.85. The molecule has 1 saturated heterocycles. The van der Waals surface area contributed by atoms with Gasteiger partial charge in [0.1, 0.15) is 12.2 Å². The van der Waals surface area contributed by atoms with Crippen molar-refractivity contribution >= 4 is 0 Å². The van der Waals surface area contributed by atoms with Crippen LogP contribution in [0.3, 0.4) is 0 Å². The molecule has 110 valence electrons. The van der Waals surface area contributed by atoms with Crippen LogP contribution in [0.4, 0.5) is 0 Å². The standard InChI is InChI=1S/C13H16O7/c1-18-7-4-2-3-5-8(7)19-11-13(17)10(16)9(15)12(13,6-14)20-11/h2-5,9-11,14-17H,6H2,1H3. The third-order valence-corrected chi connectivity index (χ3v) is 4.12. The van der Waals surface area contributed by atoms with Gasteiger partial charge in [0.05, 0.1) is 13.7 Å². The minimum absolute atomic E-state index is 0.327. The Morgan fingerprint density at radius 3 is 2.45 bits per heavy atom. The zero-order chi connectivity index (χ0) is 14.5. The van der Waals surface area contributed by atoms with Crippen molar-refractivity contribution in [3.8, 4) is 11.5 Å². The zero-order valence-corrected chi connectivity index (χ0v) is 10.8. The van der Waals surface area contributed by atoms with Crippen LogP contribution in [0.15, 0.2) is 24.3 Å². The molecule has 1 saturated carbocycles. The average molecular weight is 284 g/mol. The molecule has 20 heavy (non-hydrogen) atoms. The largest absolute Gasteiger partial charge is 0.493 e. The quantitative estimate of drug-likeness (QED) is 0.540. The molecule has 1 aromatic rings. The zero-order valence-electron chi connectivity index (χ0n) is 10.8. The highest BCUT2D eigenvalue weighted by molar-refractivity contribution is 5.41. The van der Waals surface area contributed by atoms with Crippen LogP contribution in [0, 0.1) is 0 Å². The summed E-state index contributed by atoms with van der Waals surface area (Å²) < 4.78 is 15.9. The van der Waals surface area contributed by atoms with Crippen LogP contribution >= 0.6 is 0 Å². The predicted molar refractivity (Wildman–Crippen MR) is 65.3 cm³/mol. The predicted octanol–water partition coefficient (Wildman–Crippen LogP) is -1.37. The van der Waals surface area contributed by atoms with Gasteiger partial charge in [0, 0.05) is 0 Å². The molecule has 1 heterocycles. The lowest BCUT2D eigenvalue weighted by Crippen LogP contribution is -2.96. The highest BCUT2D eigenvalue weighted by atomic mass is 16.8. The summed E-state index contributed by atoms with van der Waals surface area (Å²) in [6, 6.07) is 6.75. The number of hydrogen-bond donors (Lipinski definition) is 4. The maximum atomic E-state index is 10.4. The summed E-state index contributed by atoms with van der Waals surface area (Å²) in [5, 5.41) is 39.0. The fourth-order valence-corrected chi connectivity index (χ4v) is 2.82. The number of aliphatic hydroxyl groups is 4. The Labute approximate surface area is 114 Å². The van der Waals surface area contributed by atoms with Crippen molar-refractivity contribution in [1.29, 1.82) is 0 Å².